The van der Waals surface area contributed by atoms with Crippen LogP contribution in [0.3, 0.4) is 0 Å². The fourth-order valence-corrected chi connectivity index (χ4v) is 1.99. The number of aromatic amines is 1. The fourth-order valence-electron chi connectivity index (χ4n) is 1.99. The molecule has 0 unspecified atom stereocenters. The molecular formula is C14H18N2O2. The van der Waals surface area contributed by atoms with Crippen molar-refractivity contribution in [1.82, 2.24) is 9.78 Å². The van der Waals surface area contributed by atoms with Gasteiger partial charge >= 0.3 is 0 Å². The van der Waals surface area contributed by atoms with Gasteiger partial charge in [-0.05, 0) is 25.0 Å². The van der Waals surface area contributed by atoms with Crippen molar-refractivity contribution < 1.29 is 5.11 Å². The number of aryl methyl sites for hydroxylation is 1. The predicted octanol–water partition coefficient (Wildman–Crippen LogP) is 2.09. The van der Waals surface area contributed by atoms with Crippen LogP contribution in [0.15, 0.2) is 29.1 Å². The molecule has 1 heterocycles. The van der Waals surface area contributed by atoms with Crippen LogP contribution in [0.4, 0.5) is 0 Å². The zero-order chi connectivity index (χ0) is 13.3. The quantitative estimate of drug-likeness (QED) is 0.871. The average molecular weight is 246 g/mol. The lowest BCUT2D eigenvalue weighted by Crippen LogP contribution is -2.17. The highest BCUT2D eigenvalue weighted by Gasteiger charge is 2.16. The molecule has 0 aliphatic rings. The van der Waals surface area contributed by atoms with E-state index in [1.807, 2.05) is 45.0 Å². The first-order valence-electron chi connectivity index (χ1n) is 6.06. The highest BCUT2D eigenvalue weighted by atomic mass is 16.3. The van der Waals surface area contributed by atoms with Gasteiger partial charge in [-0.25, -0.2) is 4.68 Å². The molecule has 0 saturated heterocycles. The Morgan fingerprint density at radius 3 is 2.33 bits per heavy atom. The number of aliphatic hydroxyl groups excluding tert-OH is 1. The first kappa shape index (κ1) is 12.6. The van der Waals surface area contributed by atoms with E-state index in [9.17, 15) is 9.90 Å². The lowest BCUT2D eigenvalue weighted by Gasteiger charge is -2.04. The molecule has 0 aliphatic carbocycles. The average Bonchev–Trinajstić information content (AvgIpc) is 2.67. The maximum Gasteiger partial charge on any atom is 0.277 e. The van der Waals surface area contributed by atoms with Crippen LogP contribution in [0.5, 0.6) is 0 Å². The van der Waals surface area contributed by atoms with Crippen molar-refractivity contribution in [3.05, 3.63) is 51.4 Å². The molecule has 2 rings (SSSR count). The van der Waals surface area contributed by atoms with Gasteiger partial charge in [-0.15, -0.1) is 0 Å². The molecule has 0 aliphatic heterocycles. The Balaban J connectivity index is 2.59. The summed E-state index contributed by atoms with van der Waals surface area (Å²) in [7, 11) is 0. The predicted molar refractivity (Wildman–Crippen MR) is 71.1 cm³/mol. The Kier molecular flexibility index (Phi) is 3.39. The summed E-state index contributed by atoms with van der Waals surface area (Å²) in [6.45, 7) is 5.75. The van der Waals surface area contributed by atoms with Crippen molar-refractivity contribution in [2.24, 2.45) is 0 Å². The van der Waals surface area contributed by atoms with Gasteiger partial charge in [0.15, 0.2) is 0 Å². The van der Waals surface area contributed by atoms with E-state index in [4.69, 9.17) is 0 Å². The van der Waals surface area contributed by atoms with Crippen molar-refractivity contribution in [3.8, 4) is 5.69 Å². The van der Waals surface area contributed by atoms with Gasteiger partial charge in [0.05, 0.1) is 17.9 Å². The maximum atomic E-state index is 12.2. The maximum absolute atomic E-state index is 12.2. The molecule has 2 N–H and O–H groups in total. The highest BCUT2D eigenvalue weighted by molar-refractivity contribution is 5.35. The van der Waals surface area contributed by atoms with Crippen molar-refractivity contribution in [2.45, 2.75) is 33.3 Å². The number of hydrogen-bond acceptors (Lipinski definition) is 2. The first-order chi connectivity index (χ1) is 8.54. The lowest BCUT2D eigenvalue weighted by molar-refractivity contribution is 0.279. The Morgan fingerprint density at radius 2 is 1.89 bits per heavy atom. The molecule has 1 aromatic heterocycles. The summed E-state index contributed by atoms with van der Waals surface area (Å²) < 4.78 is 1.49. The van der Waals surface area contributed by atoms with Crippen LogP contribution >= 0.6 is 0 Å². The number of benzene rings is 1. The minimum absolute atomic E-state index is 0.173. The van der Waals surface area contributed by atoms with Crippen molar-refractivity contribution in [1.29, 1.82) is 0 Å². The van der Waals surface area contributed by atoms with E-state index in [0.717, 1.165) is 16.9 Å². The van der Waals surface area contributed by atoms with Crippen molar-refractivity contribution in [2.75, 3.05) is 0 Å². The van der Waals surface area contributed by atoms with Crippen LogP contribution < -0.4 is 5.56 Å². The third-order valence-corrected chi connectivity index (χ3v) is 3.05. The smallest absolute Gasteiger partial charge is 0.277 e. The summed E-state index contributed by atoms with van der Waals surface area (Å²) in [5.41, 5.74) is 3.00. The minimum atomic E-state index is -0.234. The van der Waals surface area contributed by atoms with Gasteiger partial charge in [0.2, 0.25) is 0 Å². The second-order valence-corrected chi connectivity index (χ2v) is 4.79. The third kappa shape index (κ3) is 2.11. The number of aliphatic hydroxyl groups is 1. The molecule has 96 valence electrons. The molecule has 0 atom stereocenters. The van der Waals surface area contributed by atoms with E-state index in [1.54, 1.807) is 0 Å². The van der Waals surface area contributed by atoms with Crippen LogP contribution in [0.2, 0.25) is 0 Å². The molecule has 2 aromatic rings. The van der Waals surface area contributed by atoms with Gasteiger partial charge in [-0.1, -0.05) is 31.5 Å². The van der Waals surface area contributed by atoms with Crippen molar-refractivity contribution >= 4 is 0 Å². The summed E-state index contributed by atoms with van der Waals surface area (Å²) in [5, 5.41) is 12.4. The van der Waals surface area contributed by atoms with Crippen LogP contribution in [0.1, 0.15) is 36.6 Å². The molecule has 4 heteroatoms. The molecule has 0 saturated carbocycles. The molecular weight excluding hydrogens is 228 g/mol. The third-order valence-electron chi connectivity index (χ3n) is 3.05. The normalized spacial score (nSPS) is 11.2. The number of hydrogen-bond donors (Lipinski definition) is 2. The van der Waals surface area contributed by atoms with E-state index < -0.39 is 0 Å². The van der Waals surface area contributed by atoms with Crippen LogP contribution in [-0.4, -0.2) is 14.9 Å². The zero-order valence-electron chi connectivity index (χ0n) is 10.9. The number of aromatic nitrogens is 2. The monoisotopic (exact) mass is 246 g/mol. The topological polar surface area (TPSA) is 58.0 Å². The number of rotatable bonds is 3. The standard InChI is InChI=1S/C14H18N2O2/c1-9(2)13-12(8-17)14(18)16(15-13)11-6-4-10(3)5-7-11/h4-7,9,15,17H,8H2,1-3H3. The second-order valence-electron chi connectivity index (χ2n) is 4.79. The van der Waals surface area contributed by atoms with Crippen LogP contribution in [-0.2, 0) is 6.61 Å². The van der Waals surface area contributed by atoms with Gasteiger partial charge in [0.25, 0.3) is 5.56 Å². The molecule has 0 spiro atoms. The molecule has 1 aromatic carbocycles. The Hall–Kier alpha value is -1.81. The zero-order valence-corrected chi connectivity index (χ0v) is 10.9. The summed E-state index contributed by atoms with van der Waals surface area (Å²) in [6.07, 6.45) is 0. The van der Waals surface area contributed by atoms with E-state index >= 15 is 0 Å². The van der Waals surface area contributed by atoms with Crippen LogP contribution in [0.25, 0.3) is 5.69 Å². The summed E-state index contributed by atoms with van der Waals surface area (Å²) in [6, 6.07) is 7.68. The van der Waals surface area contributed by atoms with E-state index in [2.05, 4.69) is 5.10 Å². The van der Waals surface area contributed by atoms with Crippen LogP contribution in [0, 0.1) is 6.92 Å². The van der Waals surface area contributed by atoms with Crippen molar-refractivity contribution in [3.63, 3.8) is 0 Å². The van der Waals surface area contributed by atoms with Gasteiger partial charge in [-0.2, -0.15) is 0 Å². The van der Waals surface area contributed by atoms with E-state index in [1.165, 1.54) is 4.68 Å². The molecule has 4 nitrogen and oxygen atoms in total. The SMILES string of the molecule is Cc1ccc(-n2[nH]c(C(C)C)c(CO)c2=O)cc1. The fraction of sp³-hybridized carbons (Fsp3) is 0.357. The number of nitrogens with zero attached hydrogens (tertiary/aromatic N) is 1. The molecule has 0 amide bonds. The van der Waals surface area contributed by atoms with Gasteiger partial charge in [-0.3, -0.25) is 9.89 Å². The largest absolute Gasteiger partial charge is 0.391 e. The summed E-state index contributed by atoms with van der Waals surface area (Å²) in [5.74, 6) is 0.173. The van der Waals surface area contributed by atoms with Gasteiger partial charge < -0.3 is 5.11 Å². The lowest BCUT2D eigenvalue weighted by atomic mass is 10.1. The minimum Gasteiger partial charge on any atom is -0.391 e. The van der Waals surface area contributed by atoms with E-state index in [-0.39, 0.29) is 18.1 Å². The molecule has 0 fully saturated rings. The Bertz CT molecular complexity index is 591. The van der Waals surface area contributed by atoms with Gasteiger partial charge in [0.1, 0.15) is 0 Å². The highest BCUT2D eigenvalue weighted by Crippen LogP contribution is 2.16. The summed E-state index contributed by atoms with van der Waals surface area (Å²) >= 11 is 0. The molecule has 18 heavy (non-hydrogen) atoms. The number of H-pyrrole nitrogens is 1. The van der Waals surface area contributed by atoms with Gasteiger partial charge in [0, 0.05) is 5.69 Å². The Labute approximate surface area is 106 Å². The first-order valence-corrected chi connectivity index (χ1v) is 6.06. The number of nitrogens with one attached hydrogen (secondary N) is 1. The second kappa shape index (κ2) is 4.82. The molecule has 0 radical (unpaired) electrons. The van der Waals surface area contributed by atoms with E-state index in [0.29, 0.717) is 5.56 Å². The molecule has 0 bridgehead atoms. The Morgan fingerprint density at radius 1 is 1.28 bits per heavy atom. The summed E-state index contributed by atoms with van der Waals surface area (Å²) in [4.78, 5) is 12.2.